The number of hydrogen-bond donors (Lipinski definition) is 3. The Kier molecular flexibility index (Phi) is 12.2. The molecule has 0 bridgehead atoms. The van der Waals surface area contributed by atoms with Crippen LogP contribution >= 0.6 is 11.3 Å². The summed E-state index contributed by atoms with van der Waals surface area (Å²) in [6, 6.07) is 22.9. The number of fused-ring (bicyclic) bond motifs is 1. The minimum atomic E-state index is -0.799. The maximum Gasteiger partial charge on any atom is 0.255 e. The van der Waals surface area contributed by atoms with Gasteiger partial charge in [-0.2, -0.15) is 0 Å². The molecule has 4 amide bonds. The van der Waals surface area contributed by atoms with Gasteiger partial charge in [-0.15, -0.1) is 11.3 Å². The van der Waals surface area contributed by atoms with Crippen LogP contribution in [0.15, 0.2) is 84.4 Å². The molecule has 2 aliphatic heterocycles. The van der Waals surface area contributed by atoms with Crippen molar-refractivity contribution in [1.29, 1.82) is 0 Å². The predicted molar refractivity (Wildman–Crippen MR) is 210 cm³/mol. The monoisotopic (exact) mass is 735 g/mol. The lowest BCUT2D eigenvalue weighted by Gasteiger charge is -2.35. The average Bonchev–Trinajstić information content (AvgIpc) is 3.77. The maximum atomic E-state index is 13.9. The van der Waals surface area contributed by atoms with E-state index < -0.39 is 6.04 Å². The van der Waals surface area contributed by atoms with Crippen LogP contribution in [-0.4, -0.2) is 84.2 Å². The number of hydrogen-bond acceptors (Lipinski definition) is 8. The van der Waals surface area contributed by atoms with Gasteiger partial charge in [0.2, 0.25) is 11.8 Å². The van der Waals surface area contributed by atoms with Crippen LogP contribution in [-0.2, 0) is 20.9 Å². The highest BCUT2D eigenvalue weighted by Gasteiger charge is 2.38. The summed E-state index contributed by atoms with van der Waals surface area (Å²) in [6.07, 6.45) is 3.81. The lowest BCUT2D eigenvalue weighted by Crippen LogP contribution is -2.49. The fraction of sp³-hybridized carbons (Fsp3) is 0.390. The number of nitrogens with zero attached hydrogens (tertiary/aromatic N) is 4. The van der Waals surface area contributed by atoms with Crippen molar-refractivity contribution < 1.29 is 19.2 Å². The molecule has 3 aromatic carbocycles. The quantitative estimate of drug-likeness (QED) is 0.142. The lowest BCUT2D eigenvalue weighted by molar-refractivity contribution is -0.123. The number of nitrogens with one attached hydrogen (secondary N) is 3. The number of carbonyl (C=O) groups excluding carboxylic acids is 4. The SMILES string of the molecule is CC(C)(C)CC(=O)NCCCCNC(=O)CN1CCN(c2ccc(-c3ccc4c(c3)C(=O)N(C(C(=O)Nc3nccs3)c3ccccc3)C4)cc2)CC1. The highest BCUT2D eigenvalue weighted by molar-refractivity contribution is 7.13. The van der Waals surface area contributed by atoms with Crippen molar-refractivity contribution in [3.63, 3.8) is 0 Å². The zero-order chi connectivity index (χ0) is 37.4. The highest BCUT2D eigenvalue weighted by atomic mass is 32.1. The number of rotatable bonds is 14. The van der Waals surface area contributed by atoms with Gasteiger partial charge in [-0.05, 0) is 58.7 Å². The van der Waals surface area contributed by atoms with Crippen LogP contribution in [0.2, 0.25) is 0 Å². The summed E-state index contributed by atoms with van der Waals surface area (Å²) in [4.78, 5) is 62.3. The van der Waals surface area contributed by atoms with Crippen LogP contribution in [0.3, 0.4) is 0 Å². The topological polar surface area (TPSA) is 127 Å². The largest absolute Gasteiger partial charge is 0.369 e. The summed E-state index contributed by atoms with van der Waals surface area (Å²) < 4.78 is 0. The lowest BCUT2D eigenvalue weighted by atomic mass is 9.92. The molecule has 1 atom stereocenters. The summed E-state index contributed by atoms with van der Waals surface area (Å²) in [5.41, 5.74) is 5.28. The van der Waals surface area contributed by atoms with Crippen molar-refractivity contribution >= 4 is 45.8 Å². The van der Waals surface area contributed by atoms with Crippen LogP contribution < -0.4 is 20.9 Å². The zero-order valence-electron chi connectivity index (χ0n) is 30.8. The third kappa shape index (κ3) is 10.1. The first kappa shape index (κ1) is 37.7. The van der Waals surface area contributed by atoms with E-state index in [-0.39, 0.29) is 29.0 Å². The van der Waals surface area contributed by atoms with Crippen LogP contribution in [0.1, 0.15) is 67.6 Å². The second kappa shape index (κ2) is 17.2. The third-order valence-electron chi connectivity index (χ3n) is 9.52. The molecule has 12 heteroatoms. The molecule has 2 aliphatic rings. The molecule has 3 heterocycles. The Morgan fingerprint density at radius 3 is 2.19 bits per heavy atom. The Hall–Kier alpha value is -5.07. The van der Waals surface area contributed by atoms with Gasteiger partial charge in [-0.1, -0.05) is 75.4 Å². The molecule has 11 nitrogen and oxygen atoms in total. The molecule has 1 unspecified atom stereocenters. The molecule has 1 saturated heterocycles. The van der Waals surface area contributed by atoms with Crippen molar-refractivity contribution in [2.45, 2.75) is 52.6 Å². The van der Waals surface area contributed by atoms with Gasteiger partial charge in [-0.3, -0.25) is 29.4 Å². The molecule has 3 N–H and O–H groups in total. The first-order chi connectivity index (χ1) is 25.5. The van der Waals surface area contributed by atoms with Gasteiger partial charge in [0.15, 0.2) is 5.13 Å². The van der Waals surface area contributed by atoms with E-state index in [4.69, 9.17) is 0 Å². The molecule has 278 valence electrons. The summed E-state index contributed by atoms with van der Waals surface area (Å²) in [7, 11) is 0. The zero-order valence-corrected chi connectivity index (χ0v) is 31.6. The number of piperazine rings is 1. The van der Waals surface area contributed by atoms with E-state index in [2.05, 4.69) is 55.0 Å². The van der Waals surface area contributed by atoms with Crippen molar-refractivity contribution in [3.8, 4) is 11.1 Å². The molecule has 1 aromatic heterocycles. The van der Waals surface area contributed by atoms with Crippen molar-refractivity contribution in [1.82, 2.24) is 25.4 Å². The van der Waals surface area contributed by atoms with E-state index in [1.165, 1.54) is 11.3 Å². The number of aromatic nitrogens is 1. The molecule has 0 aliphatic carbocycles. The molecule has 6 rings (SSSR count). The standard InChI is InChI=1S/C41H49N7O4S/c1-41(2,3)26-35(49)42-17-7-8-18-43-36(50)28-46-20-22-47(23-21-46)33-15-13-29(14-16-33)31-11-12-32-27-48(39(52)34(32)25-31)37(30-9-5-4-6-10-30)38(51)45-40-44-19-24-53-40/h4-6,9-16,19,24-25,37H,7-8,17-18,20-23,26-28H2,1-3H3,(H,42,49)(H,43,50)(H,44,45,51). The Bertz CT molecular complexity index is 1870. The van der Waals surface area contributed by atoms with E-state index in [0.29, 0.717) is 43.3 Å². The normalized spacial score (nSPS) is 15.2. The van der Waals surface area contributed by atoms with Crippen LogP contribution in [0.4, 0.5) is 10.8 Å². The summed E-state index contributed by atoms with van der Waals surface area (Å²) in [6.45, 7) is 11.3. The van der Waals surface area contributed by atoms with Gasteiger partial charge in [0.1, 0.15) is 6.04 Å². The number of anilines is 2. The van der Waals surface area contributed by atoms with E-state index in [1.54, 1.807) is 16.5 Å². The van der Waals surface area contributed by atoms with Crippen molar-refractivity contribution in [2.24, 2.45) is 5.41 Å². The minimum absolute atomic E-state index is 0.0215. The van der Waals surface area contributed by atoms with E-state index in [9.17, 15) is 19.2 Å². The van der Waals surface area contributed by atoms with Crippen LogP contribution in [0.25, 0.3) is 11.1 Å². The average molecular weight is 736 g/mol. The molecule has 0 radical (unpaired) electrons. The molecule has 4 aromatic rings. The Balaban J connectivity index is 0.980. The number of thiazole rings is 1. The van der Waals surface area contributed by atoms with E-state index in [0.717, 1.165) is 67.0 Å². The second-order valence-corrected chi connectivity index (χ2v) is 15.8. The maximum absolute atomic E-state index is 13.9. The second-order valence-electron chi connectivity index (χ2n) is 14.9. The van der Waals surface area contributed by atoms with Crippen molar-refractivity contribution in [2.75, 3.05) is 56.0 Å². The first-order valence-corrected chi connectivity index (χ1v) is 19.2. The summed E-state index contributed by atoms with van der Waals surface area (Å²) in [5, 5.41) is 11.2. The Morgan fingerprint density at radius 1 is 0.849 bits per heavy atom. The van der Waals surface area contributed by atoms with Gasteiger partial charge in [0.25, 0.3) is 11.8 Å². The number of amides is 4. The van der Waals surface area contributed by atoms with Gasteiger partial charge < -0.3 is 20.4 Å². The van der Waals surface area contributed by atoms with Crippen LogP contribution in [0, 0.1) is 5.41 Å². The van der Waals surface area contributed by atoms with Gasteiger partial charge in [-0.25, -0.2) is 4.98 Å². The number of benzene rings is 3. The molecule has 0 saturated carbocycles. The summed E-state index contributed by atoms with van der Waals surface area (Å²) in [5.74, 6) is -0.365. The third-order valence-corrected chi connectivity index (χ3v) is 10.2. The number of unbranched alkanes of at least 4 members (excludes halogenated alkanes) is 1. The fourth-order valence-electron chi connectivity index (χ4n) is 6.82. The van der Waals surface area contributed by atoms with Crippen LogP contribution in [0.5, 0.6) is 0 Å². The van der Waals surface area contributed by atoms with E-state index in [1.807, 2.05) is 69.3 Å². The number of carbonyl (C=O) groups is 4. The van der Waals surface area contributed by atoms with Gasteiger partial charge in [0, 0.05) is 75.1 Å². The molecular weight excluding hydrogens is 687 g/mol. The molecular formula is C41H49N7O4S. The van der Waals surface area contributed by atoms with Gasteiger partial charge >= 0.3 is 0 Å². The Morgan fingerprint density at radius 2 is 1.53 bits per heavy atom. The first-order valence-electron chi connectivity index (χ1n) is 18.3. The van der Waals surface area contributed by atoms with E-state index >= 15 is 0 Å². The Labute approximate surface area is 315 Å². The molecule has 53 heavy (non-hydrogen) atoms. The minimum Gasteiger partial charge on any atom is -0.369 e. The molecule has 0 spiro atoms. The predicted octanol–water partition coefficient (Wildman–Crippen LogP) is 5.72. The summed E-state index contributed by atoms with van der Waals surface area (Å²) >= 11 is 1.34. The fourth-order valence-corrected chi connectivity index (χ4v) is 7.35. The molecule has 1 fully saturated rings. The smallest absolute Gasteiger partial charge is 0.255 e. The van der Waals surface area contributed by atoms with Gasteiger partial charge in [0.05, 0.1) is 6.54 Å². The highest BCUT2D eigenvalue weighted by Crippen LogP contribution is 2.35. The van der Waals surface area contributed by atoms with Crippen molar-refractivity contribution in [3.05, 3.63) is 101 Å².